The van der Waals surface area contributed by atoms with E-state index in [1.165, 1.54) is 32.1 Å². The molecule has 0 saturated carbocycles. The molecule has 0 aromatic rings. The first kappa shape index (κ1) is 14.9. The highest BCUT2D eigenvalue weighted by Crippen LogP contribution is 2.09. The van der Waals surface area contributed by atoms with Crippen LogP contribution >= 0.6 is 0 Å². The van der Waals surface area contributed by atoms with E-state index in [1.807, 2.05) is 0 Å². The van der Waals surface area contributed by atoms with E-state index < -0.39 is 8.56 Å². The molecule has 0 unspecified atom stereocenters. The quantitative estimate of drug-likeness (QED) is 0.443. The summed E-state index contributed by atoms with van der Waals surface area (Å²) in [6, 6.07) is 0. The molecule has 0 rings (SSSR count). The van der Waals surface area contributed by atoms with Gasteiger partial charge in [-0.05, 0) is 25.1 Å². The lowest BCUT2D eigenvalue weighted by Gasteiger charge is -2.17. The Balaban J connectivity index is 3.52. The fourth-order valence-corrected chi connectivity index (χ4v) is 2.42. The fraction of sp³-hybridized carbons (Fsp3) is 0.833. The molecule has 0 fully saturated rings. The third-order valence-electron chi connectivity index (χ3n) is 2.71. The van der Waals surface area contributed by atoms with Gasteiger partial charge in [0.15, 0.2) is 0 Å². The predicted molar refractivity (Wildman–Crippen MR) is 68.2 cm³/mol. The Bertz CT molecular complexity index is 165. The van der Waals surface area contributed by atoms with Crippen molar-refractivity contribution in [3.05, 3.63) is 11.8 Å². The molecule has 0 aromatic heterocycles. The molecule has 0 aliphatic heterocycles. The maximum atomic E-state index is 5.36. The highest BCUT2D eigenvalue weighted by Gasteiger charge is 2.23. The SMILES string of the molecule is CCCCCCC/C=C/[Si](C)(OC)OC. The van der Waals surface area contributed by atoms with E-state index in [1.54, 1.807) is 14.2 Å². The van der Waals surface area contributed by atoms with E-state index in [-0.39, 0.29) is 0 Å². The molecular formula is C12H26O2Si. The lowest BCUT2D eigenvalue weighted by atomic mass is 10.1. The zero-order chi connectivity index (χ0) is 11.6. The van der Waals surface area contributed by atoms with Crippen LogP contribution in [0.3, 0.4) is 0 Å². The van der Waals surface area contributed by atoms with Crippen molar-refractivity contribution < 1.29 is 8.85 Å². The largest absolute Gasteiger partial charge is 0.395 e. The molecule has 15 heavy (non-hydrogen) atoms. The van der Waals surface area contributed by atoms with Crippen molar-refractivity contribution in [3.8, 4) is 0 Å². The standard InChI is InChI=1S/C12H26O2Si/c1-5-6-7-8-9-10-11-12-15(4,13-2)14-3/h11-12H,5-10H2,1-4H3/b12-11+. The van der Waals surface area contributed by atoms with E-state index in [2.05, 4.69) is 25.2 Å². The zero-order valence-corrected chi connectivity index (χ0v) is 11.7. The highest BCUT2D eigenvalue weighted by atomic mass is 28.4. The van der Waals surface area contributed by atoms with Gasteiger partial charge in [-0.3, -0.25) is 0 Å². The van der Waals surface area contributed by atoms with Crippen molar-refractivity contribution >= 4 is 8.56 Å². The molecule has 3 heteroatoms. The van der Waals surface area contributed by atoms with Gasteiger partial charge in [0.05, 0.1) is 0 Å². The smallest absolute Gasteiger partial charge is 0.360 e. The molecule has 0 aromatic carbocycles. The average Bonchev–Trinajstić information content (AvgIpc) is 2.27. The van der Waals surface area contributed by atoms with Crippen LogP contribution in [0.4, 0.5) is 0 Å². The van der Waals surface area contributed by atoms with Gasteiger partial charge in [-0.15, -0.1) is 0 Å². The maximum Gasteiger partial charge on any atom is 0.360 e. The minimum absolute atomic E-state index is 1.15. The second-order valence-corrected chi connectivity index (χ2v) is 7.21. The molecule has 0 aliphatic rings. The lowest BCUT2D eigenvalue weighted by molar-refractivity contribution is 0.264. The third kappa shape index (κ3) is 7.77. The van der Waals surface area contributed by atoms with Gasteiger partial charge in [-0.1, -0.05) is 38.7 Å². The molecule has 0 spiro atoms. The van der Waals surface area contributed by atoms with Crippen LogP contribution in [0.1, 0.15) is 45.4 Å². The van der Waals surface area contributed by atoms with Gasteiger partial charge in [-0.25, -0.2) is 0 Å². The van der Waals surface area contributed by atoms with Crippen LogP contribution in [0.25, 0.3) is 0 Å². The number of hydrogen-bond donors (Lipinski definition) is 0. The van der Waals surface area contributed by atoms with Crippen molar-refractivity contribution in [2.24, 2.45) is 0 Å². The van der Waals surface area contributed by atoms with Gasteiger partial charge >= 0.3 is 8.56 Å². The fourth-order valence-electron chi connectivity index (χ4n) is 1.38. The second-order valence-electron chi connectivity index (χ2n) is 4.03. The Labute approximate surface area is 95.9 Å². The van der Waals surface area contributed by atoms with Crippen LogP contribution in [0.5, 0.6) is 0 Å². The minimum Gasteiger partial charge on any atom is -0.395 e. The van der Waals surface area contributed by atoms with Gasteiger partial charge in [0.2, 0.25) is 0 Å². The van der Waals surface area contributed by atoms with Gasteiger partial charge in [0, 0.05) is 14.2 Å². The van der Waals surface area contributed by atoms with Gasteiger partial charge in [0.1, 0.15) is 0 Å². The van der Waals surface area contributed by atoms with Crippen molar-refractivity contribution in [1.29, 1.82) is 0 Å². The molecule has 0 saturated heterocycles. The van der Waals surface area contributed by atoms with Crippen LogP contribution in [-0.2, 0) is 8.85 Å². The Morgan fingerprint density at radius 3 is 2.13 bits per heavy atom. The second kappa shape index (κ2) is 9.13. The summed E-state index contributed by atoms with van der Waals surface area (Å²) in [4.78, 5) is 0. The summed E-state index contributed by atoms with van der Waals surface area (Å²) in [6.07, 6.45) is 10.0. The number of allylic oxidation sites excluding steroid dienone is 1. The van der Waals surface area contributed by atoms with Crippen LogP contribution in [0, 0.1) is 0 Å². The van der Waals surface area contributed by atoms with Gasteiger partial charge in [0.25, 0.3) is 0 Å². The maximum absolute atomic E-state index is 5.36. The Hall–Kier alpha value is -0.123. The molecule has 0 bridgehead atoms. The molecule has 2 nitrogen and oxygen atoms in total. The minimum atomic E-state index is -1.95. The molecule has 0 amide bonds. The summed E-state index contributed by atoms with van der Waals surface area (Å²) in [5.41, 5.74) is 2.13. The van der Waals surface area contributed by atoms with Crippen LogP contribution in [0.2, 0.25) is 6.55 Å². The normalized spacial score (nSPS) is 12.5. The summed E-state index contributed by atoms with van der Waals surface area (Å²) in [7, 11) is 1.49. The molecule has 0 aliphatic carbocycles. The van der Waals surface area contributed by atoms with E-state index in [0.29, 0.717) is 0 Å². The Kier molecular flexibility index (Phi) is 9.05. The molecule has 0 heterocycles. The molecule has 0 atom stereocenters. The lowest BCUT2D eigenvalue weighted by Crippen LogP contribution is -2.33. The average molecular weight is 230 g/mol. The summed E-state index contributed by atoms with van der Waals surface area (Å²) < 4.78 is 10.7. The van der Waals surface area contributed by atoms with Crippen molar-refractivity contribution in [1.82, 2.24) is 0 Å². The molecule has 90 valence electrons. The van der Waals surface area contributed by atoms with E-state index in [9.17, 15) is 0 Å². The Morgan fingerprint density at radius 1 is 1.00 bits per heavy atom. The third-order valence-corrected chi connectivity index (χ3v) is 5.17. The monoisotopic (exact) mass is 230 g/mol. The topological polar surface area (TPSA) is 18.5 Å². The summed E-state index contributed by atoms with van der Waals surface area (Å²) >= 11 is 0. The van der Waals surface area contributed by atoms with Crippen molar-refractivity contribution in [2.75, 3.05) is 14.2 Å². The summed E-state index contributed by atoms with van der Waals surface area (Å²) in [5, 5.41) is 0. The number of unbranched alkanes of at least 4 members (excludes halogenated alkanes) is 5. The predicted octanol–water partition coefficient (Wildman–Crippen LogP) is 3.81. The molecule has 0 N–H and O–H groups in total. The van der Waals surface area contributed by atoms with Gasteiger partial charge < -0.3 is 8.85 Å². The van der Waals surface area contributed by atoms with Crippen LogP contribution < -0.4 is 0 Å². The number of hydrogen-bond acceptors (Lipinski definition) is 2. The highest BCUT2D eigenvalue weighted by molar-refractivity contribution is 6.71. The molecule has 0 radical (unpaired) electrons. The van der Waals surface area contributed by atoms with Crippen LogP contribution in [0.15, 0.2) is 11.8 Å². The Morgan fingerprint density at radius 2 is 1.60 bits per heavy atom. The summed E-state index contributed by atoms with van der Waals surface area (Å²) in [5.74, 6) is 0. The van der Waals surface area contributed by atoms with Crippen molar-refractivity contribution in [2.45, 2.75) is 52.0 Å². The van der Waals surface area contributed by atoms with Gasteiger partial charge in [-0.2, -0.15) is 0 Å². The summed E-state index contributed by atoms with van der Waals surface area (Å²) in [6.45, 7) is 4.30. The first-order chi connectivity index (χ1) is 7.18. The van der Waals surface area contributed by atoms with Crippen molar-refractivity contribution in [3.63, 3.8) is 0 Å². The first-order valence-corrected chi connectivity index (χ1v) is 8.36. The zero-order valence-electron chi connectivity index (χ0n) is 10.7. The first-order valence-electron chi connectivity index (χ1n) is 5.96. The number of rotatable bonds is 9. The van der Waals surface area contributed by atoms with E-state index in [0.717, 1.165) is 6.42 Å². The molecular weight excluding hydrogens is 204 g/mol. The van der Waals surface area contributed by atoms with Crippen LogP contribution in [-0.4, -0.2) is 22.8 Å². The van der Waals surface area contributed by atoms with E-state index >= 15 is 0 Å². The van der Waals surface area contributed by atoms with E-state index in [4.69, 9.17) is 8.85 Å².